The molecule has 0 saturated carbocycles. The fourth-order valence-corrected chi connectivity index (χ4v) is 2.88. The van der Waals surface area contributed by atoms with E-state index in [4.69, 9.17) is 18.9 Å². The quantitative estimate of drug-likeness (QED) is 0.792. The average Bonchev–Trinajstić information content (AvgIpc) is 2.75. The number of ether oxygens (including phenoxy) is 4. The molecule has 0 unspecified atom stereocenters. The second-order valence-corrected chi connectivity index (χ2v) is 6.62. The molecule has 2 rings (SSSR count). The van der Waals surface area contributed by atoms with Gasteiger partial charge in [0.15, 0.2) is 21.3 Å². The van der Waals surface area contributed by atoms with Gasteiger partial charge in [0.1, 0.15) is 0 Å². The number of hydrogen-bond acceptors (Lipinski definition) is 7. The zero-order valence-electron chi connectivity index (χ0n) is 13.2. The van der Waals surface area contributed by atoms with Crippen LogP contribution in [0.2, 0.25) is 0 Å². The van der Waals surface area contributed by atoms with Crippen molar-refractivity contribution < 1.29 is 28.5 Å². The Morgan fingerprint density at radius 3 is 1.77 bits per heavy atom. The van der Waals surface area contributed by atoms with Gasteiger partial charge in [0.2, 0.25) is 0 Å². The fourth-order valence-electron chi connectivity index (χ4n) is 1.90. The van der Waals surface area contributed by atoms with E-state index < -0.39 is 11.9 Å². The standard InChI is InChI=1S/C15H20O6S/c1-5-18-13(16)11-9-10(12(22-11)14(17)19-6-2)21-8-15(3,4)7-20-9/h5-8H2,1-4H3. The molecule has 1 aliphatic heterocycles. The third-order valence-corrected chi connectivity index (χ3v) is 4.07. The van der Waals surface area contributed by atoms with Crippen molar-refractivity contribution in [2.75, 3.05) is 26.4 Å². The largest absolute Gasteiger partial charge is 0.487 e. The highest BCUT2D eigenvalue weighted by Crippen LogP contribution is 2.45. The number of thiophene rings is 1. The monoisotopic (exact) mass is 328 g/mol. The van der Waals surface area contributed by atoms with Crippen molar-refractivity contribution in [2.24, 2.45) is 5.41 Å². The van der Waals surface area contributed by atoms with Crippen LogP contribution in [-0.4, -0.2) is 38.4 Å². The van der Waals surface area contributed by atoms with Crippen LogP contribution < -0.4 is 9.47 Å². The zero-order chi connectivity index (χ0) is 16.3. The summed E-state index contributed by atoms with van der Waals surface area (Å²) < 4.78 is 21.5. The van der Waals surface area contributed by atoms with Crippen molar-refractivity contribution in [1.82, 2.24) is 0 Å². The Balaban J connectivity index is 2.45. The van der Waals surface area contributed by atoms with Crippen molar-refractivity contribution in [3.8, 4) is 11.5 Å². The van der Waals surface area contributed by atoms with Crippen LogP contribution in [0.3, 0.4) is 0 Å². The van der Waals surface area contributed by atoms with Gasteiger partial charge in [-0.1, -0.05) is 13.8 Å². The van der Waals surface area contributed by atoms with Crippen molar-refractivity contribution in [3.05, 3.63) is 9.75 Å². The maximum Gasteiger partial charge on any atom is 0.352 e. The summed E-state index contributed by atoms with van der Waals surface area (Å²) in [7, 11) is 0. The molecule has 0 N–H and O–H groups in total. The van der Waals surface area contributed by atoms with Crippen LogP contribution >= 0.6 is 11.3 Å². The van der Waals surface area contributed by atoms with Crippen molar-refractivity contribution >= 4 is 23.3 Å². The Morgan fingerprint density at radius 2 is 1.41 bits per heavy atom. The van der Waals surface area contributed by atoms with E-state index in [0.717, 1.165) is 11.3 Å². The molecule has 0 fully saturated rings. The van der Waals surface area contributed by atoms with Gasteiger partial charge in [-0.05, 0) is 13.8 Å². The maximum atomic E-state index is 12.1. The van der Waals surface area contributed by atoms with Crippen LogP contribution in [0.4, 0.5) is 0 Å². The second kappa shape index (κ2) is 6.56. The van der Waals surface area contributed by atoms with Crippen LogP contribution in [0.1, 0.15) is 47.0 Å². The molecule has 7 heteroatoms. The van der Waals surface area contributed by atoms with Gasteiger partial charge >= 0.3 is 11.9 Å². The van der Waals surface area contributed by atoms with Crippen LogP contribution in [-0.2, 0) is 9.47 Å². The molecular formula is C15H20O6S. The Bertz CT molecular complexity index is 528. The lowest BCUT2D eigenvalue weighted by Gasteiger charge is -2.20. The van der Waals surface area contributed by atoms with Crippen molar-refractivity contribution in [1.29, 1.82) is 0 Å². The van der Waals surface area contributed by atoms with E-state index in [2.05, 4.69) is 0 Å². The minimum Gasteiger partial charge on any atom is -0.487 e. The van der Waals surface area contributed by atoms with Crippen molar-refractivity contribution in [2.45, 2.75) is 27.7 Å². The smallest absolute Gasteiger partial charge is 0.352 e. The van der Waals surface area contributed by atoms with E-state index in [0.29, 0.717) is 13.2 Å². The van der Waals surface area contributed by atoms with Gasteiger partial charge in [-0.25, -0.2) is 9.59 Å². The van der Waals surface area contributed by atoms with Gasteiger partial charge in [-0.3, -0.25) is 0 Å². The molecule has 0 spiro atoms. The van der Waals surface area contributed by atoms with Crippen molar-refractivity contribution in [3.63, 3.8) is 0 Å². The van der Waals surface area contributed by atoms with E-state index in [1.165, 1.54) is 0 Å². The fraction of sp³-hybridized carbons (Fsp3) is 0.600. The van der Waals surface area contributed by atoms with E-state index in [9.17, 15) is 9.59 Å². The summed E-state index contributed by atoms with van der Waals surface area (Å²) >= 11 is 0.982. The second-order valence-electron chi connectivity index (χ2n) is 5.60. The molecule has 1 aliphatic rings. The molecule has 6 nitrogen and oxygen atoms in total. The molecule has 22 heavy (non-hydrogen) atoms. The van der Waals surface area contributed by atoms with E-state index in [1.807, 2.05) is 13.8 Å². The van der Waals surface area contributed by atoms with Gasteiger partial charge in [0, 0.05) is 5.41 Å². The normalized spacial score (nSPS) is 15.8. The van der Waals surface area contributed by atoms with Gasteiger partial charge < -0.3 is 18.9 Å². The Hall–Kier alpha value is -1.76. The molecule has 0 aliphatic carbocycles. The van der Waals surface area contributed by atoms with Crippen LogP contribution in [0, 0.1) is 5.41 Å². The molecule has 0 bridgehead atoms. The predicted octanol–water partition coefficient (Wildman–Crippen LogP) is 2.90. The molecule has 0 radical (unpaired) electrons. The molecular weight excluding hydrogens is 308 g/mol. The number of carbonyl (C=O) groups excluding carboxylic acids is 2. The molecule has 0 atom stereocenters. The minimum atomic E-state index is -0.525. The number of rotatable bonds is 4. The molecule has 0 saturated heterocycles. The summed E-state index contributed by atoms with van der Waals surface area (Å²) in [5.41, 5.74) is -0.228. The first-order chi connectivity index (χ1) is 10.4. The van der Waals surface area contributed by atoms with E-state index in [1.54, 1.807) is 13.8 Å². The first-order valence-electron chi connectivity index (χ1n) is 7.16. The van der Waals surface area contributed by atoms with Gasteiger partial charge in [-0.15, -0.1) is 11.3 Å². The lowest BCUT2D eigenvalue weighted by molar-refractivity contribution is 0.0518. The molecule has 122 valence electrons. The van der Waals surface area contributed by atoms with Gasteiger partial charge in [-0.2, -0.15) is 0 Å². The first-order valence-corrected chi connectivity index (χ1v) is 7.98. The summed E-state index contributed by atoms with van der Waals surface area (Å²) in [6.07, 6.45) is 0. The number of esters is 2. The topological polar surface area (TPSA) is 71.1 Å². The third-order valence-electron chi connectivity index (χ3n) is 2.96. The summed E-state index contributed by atoms with van der Waals surface area (Å²) in [5.74, 6) is -0.501. The summed E-state index contributed by atoms with van der Waals surface area (Å²) in [6.45, 7) is 8.65. The summed E-state index contributed by atoms with van der Waals surface area (Å²) in [5, 5.41) is 0. The molecule has 1 aromatic rings. The maximum absolute atomic E-state index is 12.1. The lowest BCUT2D eigenvalue weighted by Crippen LogP contribution is -2.26. The molecule has 0 amide bonds. The number of carbonyl (C=O) groups is 2. The summed E-state index contributed by atoms with van der Waals surface area (Å²) in [6, 6.07) is 0. The Kier molecular flexibility index (Phi) is 4.95. The van der Waals surface area contributed by atoms with Gasteiger partial charge in [0.25, 0.3) is 0 Å². The SMILES string of the molecule is CCOC(=O)c1sc(C(=O)OCC)c2c1OCC(C)(C)CO2. The van der Waals surface area contributed by atoms with Crippen LogP contribution in [0.15, 0.2) is 0 Å². The Morgan fingerprint density at radius 1 is 1.00 bits per heavy atom. The summed E-state index contributed by atoms with van der Waals surface area (Å²) in [4.78, 5) is 24.6. The molecule has 0 aromatic carbocycles. The highest BCUT2D eigenvalue weighted by Gasteiger charge is 2.35. The average molecular weight is 328 g/mol. The van der Waals surface area contributed by atoms with Crippen LogP contribution in [0.5, 0.6) is 11.5 Å². The van der Waals surface area contributed by atoms with E-state index in [-0.39, 0.29) is 39.9 Å². The third kappa shape index (κ3) is 3.35. The van der Waals surface area contributed by atoms with E-state index >= 15 is 0 Å². The predicted molar refractivity (Wildman–Crippen MR) is 81.0 cm³/mol. The lowest BCUT2D eigenvalue weighted by atomic mass is 9.97. The highest BCUT2D eigenvalue weighted by molar-refractivity contribution is 7.16. The molecule has 2 heterocycles. The first kappa shape index (κ1) is 16.6. The van der Waals surface area contributed by atoms with Gasteiger partial charge in [0.05, 0.1) is 26.4 Å². The number of hydrogen-bond donors (Lipinski definition) is 0. The molecule has 1 aromatic heterocycles. The number of fused-ring (bicyclic) bond motifs is 1. The zero-order valence-corrected chi connectivity index (χ0v) is 14.0. The minimum absolute atomic E-state index is 0.228. The highest BCUT2D eigenvalue weighted by atomic mass is 32.1. The Labute approximate surface area is 133 Å². The van der Waals surface area contributed by atoms with Crippen LogP contribution in [0.25, 0.3) is 0 Å².